The van der Waals surface area contributed by atoms with Gasteiger partial charge in [0.1, 0.15) is 18.1 Å². The highest BCUT2D eigenvalue weighted by atomic mass is 19.1. The van der Waals surface area contributed by atoms with Crippen LogP contribution in [-0.4, -0.2) is 48.5 Å². The second kappa shape index (κ2) is 7.30. The molecular weight excluding hydrogens is 381 g/mol. The van der Waals surface area contributed by atoms with Gasteiger partial charge in [-0.3, -0.25) is 19.4 Å². The Kier molecular flexibility index (Phi) is 4.67. The van der Waals surface area contributed by atoms with Crippen LogP contribution in [0.3, 0.4) is 0 Å². The van der Waals surface area contributed by atoms with Gasteiger partial charge in [0, 0.05) is 11.8 Å². The number of methoxy groups -OCH3 is 1. The van der Waals surface area contributed by atoms with Crippen molar-refractivity contribution in [3.05, 3.63) is 54.3 Å². The average molecular weight is 397 g/mol. The molecule has 10 heteroatoms. The van der Waals surface area contributed by atoms with E-state index in [1.165, 1.54) is 24.3 Å². The summed E-state index contributed by atoms with van der Waals surface area (Å²) >= 11 is 0. The third-order valence-electron chi connectivity index (χ3n) is 4.60. The molecule has 148 valence electrons. The van der Waals surface area contributed by atoms with E-state index >= 15 is 0 Å². The van der Waals surface area contributed by atoms with Gasteiger partial charge >= 0.3 is 0 Å². The lowest BCUT2D eigenvalue weighted by Gasteiger charge is -2.20. The third kappa shape index (κ3) is 3.40. The van der Waals surface area contributed by atoms with E-state index in [0.29, 0.717) is 11.4 Å². The monoisotopic (exact) mass is 397 g/mol. The van der Waals surface area contributed by atoms with Crippen LogP contribution in [0.4, 0.5) is 15.8 Å². The van der Waals surface area contributed by atoms with Crippen LogP contribution >= 0.6 is 0 Å². The minimum atomic E-state index is -1.03. The molecule has 3 amide bonds. The molecule has 1 fully saturated rings. The van der Waals surface area contributed by atoms with Crippen LogP contribution < -0.4 is 15.0 Å². The Labute approximate surface area is 164 Å². The van der Waals surface area contributed by atoms with Crippen molar-refractivity contribution in [2.45, 2.75) is 12.1 Å². The van der Waals surface area contributed by atoms with E-state index in [4.69, 9.17) is 4.74 Å². The molecule has 0 aromatic heterocycles. The van der Waals surface area contributed by atoms with Crippen LogP contribution in [0.1, 0.15) is 0 Å². The van der Waals surface area contributed by atoms with Gasteiger partial charge in [0.25, 0.3) is 11.8 Å². The highest BCUT2D eigenvalue weighted by Gasteiger charge is 2.55. The minimum absolute atomic E-state index is 0.242. The number of fused-ring (bicyclic) bond motifs is 1. The van der Waals surface area contributed by atoms with Crippen molar-refractivity contribution >= 4 is 29.1 Å². The summed E-state index contributed by atoms with van der Waals surface area (Å²) in [5.41, 5.74) is 0.760. The fourth-order valence-corrected chi connectivity index (χ4v) is 3.25. The number of amides is 3. The Morgan fingerprint density at radius 1 is 1.17 bits per heavy atom. The zero-order chi connectivity index (χ0) is 20.5. The maximum absolute atomic E-state index is 13.1. The molecule has 0 aliphatic carbocycles. The Morgan fingerprint density at radius 2 is 1.93 bits per heavy atom. The molecule has 0 spiro atoms. The largest absolute Gasteiger partial charge is 0.497 e. The number of nitrogens with zero attached hydrogens (tertiary/aromatic N) is 4. The first-order valence-electron chi connectivity index (χ1n) is 8.72. The number of halogens is 1. The second-order valence-corrected chi connectivity index (χ2v) is 6.46. The average Bonchev–Trinajstić information content (AvgIpc) is 3.23. The van der Waals surface area contributed by atoms with Crippen LogP contribution in [0.5, 0.6) is 5.75 Å². The fraction of sp³-hybridized carbons (Fsp3) is 0.211. The minimum Gasteiger partial charge on any atom is -0.497 e. The van der Waals surface area contributed by atoms with Gasteiger partial charge in [-0.25, -0.2) is 9.29 Å². The number of ether oxygens (including phenoxy) is 1. The van der Waals surface area contributed by atoms with Crippen LogP contribution in [-0.2, 0) is 14.4 Å². The van der Waals surface area contributed by atoms with E-state index in [9.17, 15) is 18.8 Å². The number of hydrogen-bond acceptors (Lipinski definition) is 7. The topological polar surface area (TPSA) is 104 Å². The number of nitrogens with one attached hydrogen (secondary N) is 1. The molecule has 0 unspecified atom stereocenters. The summed E-state index contributed by atoms with van der Waals surface area (Å²) in [5, 5.41) is 11.5. The van der Waals surface area contributed by atoms with Crippen molar-refractivity contribution < 1.29 is 23.5 Å². The number of carbonyl (C=O) groups is 3. The van der Waals surface area contributed by atoms with E-state index in [0.717, 1.165) is 17.0 Å². The van der Waals surface area contributed by atoms with Crippen molar-refractivity contribution in [3.63, 3.8) is 0 Å². The van der Waals surface area contributed by atoms with Gasteiger partial charge in [-0.05, 0) is 36.4 Å². The summed E-state index contributed by atoms with van der Waals surface area (Å²) in [5.74, 6) is -1.46. The summed E-state index contributed by atoms with van der Waals surface area (Å²) in [4.78, 5) is 38.7. The van der Waals surface area contributed by atoms with Gasteiger partial charge in [0.05, 0.1) is 12.8 Å². The fourth-order valence-electron chi connectivity index (χ4n) is 3.25. The number of hydrogen-bond donors (Lipinski definition) is 1. The lowest BCUT2D eigenvalue weighted by molar-refractivity contribution is -0.123. The smallest absolute Gasteiger partial charge is 0.263 e. The summed E-state index contributed by atoms with van der Waals surface area (Å²) in [6.45, 7) is -0.266. The van der Waals surface area contributed by atoms with E-state index < -0.39 is 35.6 Å². The molecule has 0 radical (unpaired) electrons. The number of rotatable bonds is 5. The first-order chi connectivity index (χ1) is 14.0. The highest BCUT2D eigenvalue weighted by Crippen LogP contribution is 2.31. The Hall–Kier alpha value is -3.82. The van der Waals surface area contributed by atoms with Crippen LogP contribution in [0.15, 0.2) is 58.9 Å². The predicted molar refractivity (Wildman–Crippen MR) is 99.7 cm³/mol. The molecule has 4 rings (SSSR count). The Bertz CT molecular complexity index is 1010. The summed E-state index contributed by atoms with van der Waals surface area (Å²) in [6, 6.07) is 9.74. The molecule has 2 aromatic carbocycles. The number of carbonyl (C=O) groups excluding carboxylic acids is 3. The van der Waals surface area contributed by atoms with Gasteiger partial charge in [-0.1, -0.05) is 11.3 Å². The molecular formula is C19H16FN5O4. The van der Waals surface area contributed by atoms with Gasteiger partial charge < -0.3 is 10.1 Å². The molecule has 2 aromatic rings. The van der Waals surface area contributed by atoms with E-state index in [1.54, 1.807) is 24.3 Å². The van der Waals surface area contributed by atoms with Crippen molar-refractivity contribution in [1.29, 1.82) is 0 Å². The van der Waals surface area contributed by atoms with Crippen LogP contribution in [0, 0.1) is 5.82 Å². The molecule has 1 saturated heterocycles. The SMILES string of the molecule is COc1cccc(NC(=O)CN2N=N[C@@H]3C(=O)N(c4ccc(F)cc4)C(=O)[C@H]32)c1. The van der Waals surface area contributed by atoms with E-state index in [1.807, 2.05) is 0 Å². The quantitative estimate of drug-likeness (QED) is 0.775. The second-order valence-electron chi connectivity index (χ2n) is 6.46. The Balaban J connectivity index is 1.47. The van der Waals surface area contributed by atoms with Crippen molar-refractivity contribution in [2.75, 3.05) is 23.9 Å². The highest BCUT2D eigenvalue weighted by molar-refractivity contribution is 6.25. The molecule has 29 heavy (non-hydrogen) atoms. The van der Waals surface area contributed by atoms with Crippen molar-refractivity contribution in [2.24, 2.45) is 10.3 Å². The van der Waals surface area contributed by atoms with Crippen molar-refractivity contribution in [1.82, 2.24) is 5.01 Å². The van der Waals surface area contributed by atoms with Crippen LogP contribution in [0.2, 0.25) is 0 Å². The van der Waals surface area contributed by atoms with Gasteiger partial charge in [0.15, 0.2) is 12.1 Å². The molecule has 2 atom stereocenters. The first-order valence-corrected chi connectivity index (χ1v) is 8.72. The Morgan fingerprint density at radius 3 is 2.66 bits per heavy atom. The summed E-state index contributed by atoms with van der Waals surface area (Å²) < 4.78 is 18.3. The number of imide groups is 1. The van der Waals surface area contributed by atoms with Gasteiger partial charge in [-0.15, -0.1) is 0 Å². The van der Waals surface area contributed by atoms with Gasteiger partial charge in [0.2, 0.25) is 5.91 Å². The molecule has 2 aliphatic rings. The van der Waals surface area contributed by atoms with E-state index in [2.05, 4.69) is 15.7 Å². The number of anilines is 2. The first kappa shape index (κ1) is 18.5. The molecule has 1 N–H and O–H groups in total. The molecule has 2 aliphatic heterocycles. The summed E-state index contributed by atoms with van der Waals surface area (Å²) in [6.07, 6.45) is 0. The predicted octanol–water partition coefficient (Wildman–Crippen LogP) is 1.77. The molecule has 0 bridgehead atoms. The zero-order valence-electron chi connectivity index (χ0n) is 15.3. The number of benzene rings is 2. The van der Waals surface area contributed by atoms with Gasteiger partial charge in [-0.2, -0.15) is 5.11 Å². The lowest BCUT2D eigenvalue weighted by Crippen LogP contribution is -2.43. The lowest BCUT2D eigenvalue weighted by atomic mass is 10.1. The maximum Gasteiger partial charge on any atom is 0.263 e. The molecule has 0 saturated carbocycles. The van der Waals surface area contributed by atoms with Crippen LogP contribution in [0.25, 0.3) is 0 Å². The third-order valence-corrected chi connectivity index (χ3v) is 4.60. The van der Waals surface area contributed by atoms with E-state index in [-0.39, 0.29) is 12.2 Å². The maximum atomic E-state index is 13.1. The zero-order valence-corrected chi connectivity index (χ0v) is 15.3. The summed E-state index contributed by atoms with van der Waals surface area (Å²) in [7, 11) is 1.52. The molecule has 2 heterocycles. The normalized spacial score (nSPS) is 20.2. The molecule has 9 nitrogen and oxygen atoms in total. The standard InChI is InChI=1S/C19H16FN5O4/c1-29-14-4-2-3-12(9-14)21-15(26)10-24-17-16(22-23-24)18(27)25(19(17)28)13-7-5-11(20)6-8-13/h2-9,16-17H,10H2,1H3,(H,21,26)/t16-,17-/m0/s1. The van der Waals surface area contributed by atoms with Crippen molar-refractivity contribution in [3.8, 4) is 5.75 Å².